The van der Waals surface area contributed by atoms with Gasteiger partial charge >= 0.3 is 5.97 Å². The number of carbonyl (C=O) groups excluding carboxylic acids is 1. The van der Waals surface area contributed by atoms with Crippen LogP contribution in [0.25, 0.3) is 6.08 Å². The summed E-state index contributed by atoms with van der Waals surface area (Å²) in [7, 11) is 0. The zero-order valence-corrected chi connectivity index (χ0v) is 20.7. The van der Waals surface area contributed by atoms with E-state index < -0.39 is 17.6 Å². The normalized spacial score (nSPS) is 24.6. The highest BCUT2D eigenvalue weighted by atomic mass is 19.1. The lowest BCUT2D eigenvalue weighted by molar-refractivity contribution is 0.0173. The predicted molar refractivity (Wildman–Crippen MR) is 136 cm³/mol. The Kier molecular flexibility index (Phi) is 8.39. The topological polar surface area (TPSA) is 26.3 Å². The van der Waals surface area contributed by atoms with Gasteiger partial charge in [0, 0.05) is 0 Å². The van der Waals surface area contributed by atoms with Crippen molar-refractivity contribution in [3.8, 4) is 11.8 Å². The number of hydrogen-bond donors (Lipinski definition) is 0. The summed E-state index contributed by atoms with van der Waals surface area (Å²) in [6.07, 6.45) is 12.7. The van der Waals surface area contributed by atoms with Crippen molar-refractivity contribution < 1.29 is 18.3 Å². The molecule has 2 aliphatic carbocycles. The molecule has 184 valence electrons. The van der Waals surface area contributed by atoms with Crippen molar-refractivity contribution in [2.45, 2.75) is 71.3 Å². The van der Waals surface area contributed by atoms with E-state index in [9.17, 15) is 13.6 Å². The summed E-state index contributed by atoms with van der Waals surface area (Å²) in [4.78, 5) is 12.4. The van der Waals surface area contributed by atoms with Gasteiger partial charge in [-0.15, -0.1) is 0 Å². The van der Waals surface area contributed by atoms with Crippen LogP contribution in [0.5, 0.6) is 0 Å². The molecule has 0 saturated heterocycles. The van der Waals surface area contributed by atoms with Crippen LogP contribution in [0.15, 0.2) is 42.5 Å². The second kappa shape index (κ2) is 11.7. The number of halogens is 2. The zero-order valence-electron chi connectivity index (χ0n) is 20.7. The van der Waals surface area contributed by atoms with Crippen molar-refractivity contribution >= 4 is 12.0 Å². The van der Waals surface area contributed by atoms with Crippen molar-refractivity contribution in [3.05, 3.63) is 76.4 Å². The summed E-state index contributed by atoms with van der Waals surface area (Å²) in [5.74, 6) is 5.87. The van der Waals surface area contributed by atoms with Crippen LogP contribution in [0, 0.1) is 41.2 Å². The van der Waals surface area contributed by atoms with Gasteiger partial charge in [0.25, 0.3) is 0 Å². The molecule has 2 aromatic rings. The van der Waals surface area contributed by atoms with Crippen molar-refractivity contribution in [1.29, 1.82) is 0 Å². The number of benzene rings is 2. The van der Waals surface area contributed by atoms with E-state index in [1.54, 1.807) is 6.07 Å². The number of rotatable bonds is 4. The van der Waals surface area contributed by atoms with E-state index in [0.717, 1.165) is 43.2 Å². The third-order valence-corrected chi connectivity index (χ3v) is 7.39. The van der Waals surface area contributed by atoms with Crippen LogP contribution in [-0.2, 0) is 4.74 Å². The molecule has 35 heavy (non-hydrogen) atoms. The van der Waals surface area contributed by atoms with E-state index in [2.05, 4.69) is 31.8 Å². The van der Waals surface area contributed by atoms with Gasteiger partial charge in [-0.1, -0.05) is 56.7 Å². The Morgan fingerprint density at radius 1 is 0.829 bits per heavy atom. The van der Waals surface area contributed by atoms with E-state index in [1.165, 1.54) is 43.9 Å². The molecule has 2 saturated carbocycles. The minimum absolute atomic E-state index is 0.103. The lowest BCUT2D eigenvalue weighted by atomic mass is 9.83. The maximum absolute atomic E-state index is 14.6. The van der Waals surface area contributed by atoms with Crippen LogP contribution in [0.4, 0.5) is 8.78 Å². The Hall–Kier alpha value is -2.93. The van der Waals surface area contributed by atoms with Crippen molar-refractivity contribution in [3.63, 3.8) is 0 Å². The monoisotopic (exact) mass is 476 g/mol. The minimum Gasteiger partial charge on any atom is -0.459 e. The molecule has 2 aliphatic rings. The van der Waals surface area contributed by atoms with Crippen LogP contribution >= 0.6 is 0 Å². The fraction of sp³-hybridized carbons (Fsp3) is 0.452. The zero-order chi connectivity index (χ0) is 24.8. The third-order valence-electron chi connectivity index (χ3n) is 7.39. The van der Waals surface area contributed by atoms with Gasteiger partial charge in [-0.25, -0.2) is 13.6 Å². The minimum atomic E-state index is -0.619. The lowest BCUT2D eigenvalue weighted by Gasteiger charge is -2.25. The van der Waals surface area contributed by atoms with Gasteiger partial charge in [0.1, 0.15) is 17.7 Å². The first-order valence-electron chi connectivity index (χ1n) is 12.9. The number of allylic oxidation sites excluding steroid dienone is 1. The molecule has 0 atom stereocenters. The fourth-order valence-corrected chi connectivity index (χ4v) is 4.91. The molecule has 0 heterocycles. The fourth-order valence-electron chi connectivity index (χ4n) is 4.91. The Morgan fingerprint density at radius 2 is 1.40 bits per heavy atom. The summed E-state index contributed by atoms with van der Waals surface area (Å²) < 4.78 is 34.7. The van der Waals surface area contributed by atoms with Crippen LogP contribution in [0.1, 0.15) is 92.3 Å². The third kappa shape index (κ3) is 7.04. The molecule has 4 heteroatoms. The van der Waals surface area contributed by atoms with E-state index in [-0.39, 0.29) is 22.8 Å². The van der Waals surface area contributed by atoms with E-state index in [0.29, 0.717) is 11.8 Å². The molecule has 0 N–H and O–H groups in total. The molecule has 2 aromatic carbocycles. The Morgan fingerprint density at radius 3 is 2.00 bits per heavy atom. The van der Waals surface area contributed by atoms with Crippen molar-refractivity contribution in [2.24, 2.45) is 17.8 Å². The smallest absolute Gasteiger partial charge is 0.338 e. The highest BCUT2D eigenvalue weighted by molar-refractivity contribution is 5.89. The second-order valence-corrected chi connectivity index (χ2v) is 10.4. The Bertz CT molecular complexity index is 1120. The van der Waals surface area contributed by atoms with Crippen molar-refractivity contribution in [2.75, 3.05) is 0 Å². The van der Waals surface area contributed by atoms with Gasteiger partial charge in [0.05, 0.1) is 16.7 Å². The molecule has 0 aliphatic heterocycles. The van der Waals surface area contributed by atoms with Gasteiger partial charge < -0.3 is 4.74 Å². The maximum atomic E-state index is 14.6. The highest BCUT2D eigenvalue weighted by Crippen LogP contribution is 2.30. The molecule has 4 rings (SSSR count). The van der Waals surface area contributed by atoms with E-state index in [4.69, 9.17) is 4.74 Å². The van der Waals surface area contributed by atoms with Crippen LogP contribution < -0.4 is 0 Å². The molecule has 2 fully saturated rings. The first kappa shape index (κ1) is 25.2. The maximum Gasteiger partial charge on any atom is 0.338 e. The highest BCUT2D eigenvalue weighted by Gasteiger charge is 2.22. The average Bonchev–Trinajstić information content (AvgIpc) is 2.85. The van der Waals surface area contributed by atoms with Gasteiger partial charge in [-0.05, 0) is 92.2 Å². The molecular formula is C31H34F2O2. The van der Waals surface area contributed by atoms with Gasteiger partial charge in [-0.3, -0.25) is 0 Å². The van der Waals surface area contributed by atoms with Gasteiger partial charge in [0.2, 0.25) is 0 Å². The Balaban J connectivity index is 1.38. The quantitative estimate of drug-likeness (QED) is 0.331. The number of esters is 1. The molecule has 0 bridgehead atoms. The summed E-state index contributed by atoms with van der Waals surface area (Å²) in [6.45, 7) is 4.49. The summed E-state index contributed by atoms with van der Waals surface area (Å²) in [5.41, 5.74) is 1.29. The van der Waals surface area contributed by atoms with Gasteiger partial charge in [0.15, 0.2) is 0 Å². The first-order valence-corrected chi connectivity index (χ1v) is 12.9. The van der Waals surface area contributed by atoms with Crippen LogP contribution in [-0.4, -0.2) is 12.1 Å². The SMILES string of the molecule is CC1CCC(/C=C/c2ccc(C#Cc3ccc(C(=O)OC4CCC(C)CC4)cc3F)c(F)c2)CC1. The largest absolute Gasteiger partial charge is 0.459 e. The number of ether oxygens (including phenoxy) is 1. The summed E-state index contributed by atoms with van der Waals surface area (Å²) >= 11 is 0. The van der Waals surface area contributed by atoms with E-state index in [1.807, 2.05) is 12.1 Å². The average molecular weight is 477 g/mol. The molecule has 0 radical (unpaired) electrons. The molecule has 0 aromatic heterocycles. The number of carbonyl (C=O) groups is 1. The summed E-state index contributed by atoms with van der Waals surface area (Å²) in [6, 6.07) is 9.02. The first-order chi connectivity index (χ1) is 16.9. The molecule has 0 unspecified atom stereocenters. The molecule has 0 spiro atoms. The standard InChI is InChI=1S/C31H34F2O2/c1-21-3-7-23(8-4-21)9-10-24-11-12-25(29(32)19-24)13-14-26-15-16-27(20-30(26)33)31(34)35-28-17-5-22(2)6-18-28/h9-12,15-16,19-23,28H,3-8,17-18H2,1-2H3/b10-9+. The van der Waals surface area contributed by atoms with Crippen LogP contribution in [0.3, 0.4) is 0 Å². The number of hydrogen-bond acceptors (Lipinski definition) is 2. The molecular weight excluding hydrogens is 442 g/mol. The van der Waals surface area contributed by atoms with Crippen molar-refractivity contribution in [1.82, 2.24) is 0 Å². The Labute approximate surface area is 207 Å². The molecule has 0 amide bonds. The molecule has 2 nitrogen and oxygen atoms in total. The van der Waals surface area contributed by atoms with Gasteiger partial charge in [-0.2, -0.15) is 0 Å². The van der Waals surface area contributed by atoms with Crippen LogP contribution in [0.2, 0.25) is 0 Å². The lowest BCUT2D eigenvalue weighted by Crippen LogP contribution is -2.23. The summed E-state index contributed by atoms with van der Waals surface area (Å²) in [5, 5.41) is 0. The predicted octanol–water partition coefficient (Wildman–Crippen LogP) is 7.94. The van der Waals surface area contributed by atoms with E-state index >= 15 is 0 Å². The second-order valence-electron chi connectivity index (χ2n) is 10.4.